The summed E-state index contributed by atoms with van der Waals surface area (Å²) in [5, 5.41) is 7.80. The van der Waals surface area contributed by atoms with Gasteiger partial charge in [0.2, 0.25) is 5.78 Å². The molecule has 1 aliphatic heterocycles. The van der Waals surface area contributed by atoms with Crippen molar-refractivity contribution >= 4 is 28.3 Å². The van der Waals surface area contributed by atoms with E-state index in [-0.39, 0.29) is 11.8 Å². The van der Waals surface area contributed by atoms with Crippen LogP contribution in [0.1, 0.15) is 28.9 Å². The number of hydrogen-bond donors (Lipinski definition) is 3. The van der Waals surface area contributed by atoms with Crippen molar-refractivity contribution in [3.8, 4) is 11.3 Å². The molecule has 0 fully saturated rings. The smallest absolute Gasteiger partial charge is 0.224 e. The van der Waals surface area contributed by atoms with Crippen molar-refractivity contribution in [2.45, 2.75) is 13.0 Å². The van der Waals surface area contributed by atoms with Crippen LogP contribution in [0.5, 0.6) is 0 Å². The van der Waals surface area contributed by atoms with Crippen LogP contribution in [0.25, 0.3) is 22.2 Å². The number of aromatic nitrogens is 3. The zero-order valence-electron chi connectivity index (χ0n) is 18.1. The van der Waals surface area contributed by atoms with Crippen LogP contribution in [0.4, 0.5) is 11.6 Å². The van der Waals surface area contributed by atoms with E-state index in [1.807, 2.05) is 43.4 Å². The molecule has 3 heterocycles. The zero-order chi connectivity index (χ0) is 22.1. The third-order valence-corrected chi connectivity index (χ3v) is 5.77. The minimum absolute atomic E-state index is 0.0257. The highest BCUT2D eigenvalue weighted by atomic mass is 16.1. The van der Waals surface area contributed by atoms with Gasteiger partial charge in [-0.2, -0.15) is 0 Å². The van der Waals surface area contributed by atoms with Crippen LogP contribution in [0.3, 0.4) is 0 Å². The van der Waals surface area contributed by atoms with Gasteiger partial charge in [-0.1, -0.05) is 48.5 Å². The first kappa shape index (κ1) is 20.1. The molecule has 4 aromatic rings. The first-order chi connectivity index (χ1) is 15.6. The number of carbonyl (C=O) groups is 1. The Kier molecular flexibility index (Phi) is 5.25. The lowest BCUT2D eigenvalue weighted by molar-refractivity contribution is -0.866. The maximum atomic E-state index is 12.9. The number of hydrogen-bond acceptors (Lipinski definition) is 6. The van der Waals surface area contributed by atoms with Crippen LogP contribution < -0.4 is 15.5 Å². The van der Waals surface area contributed by atoms with E-state index < -0.39 is 0 Å². The molecule has 2 aromatic heterocycles. The number of pyridine rings is 1. The predicted octanol–water partition coefficient (Wildman–Crippen LogP) is 2.95. The van der Waals surface area contributed by atoms with E-state index in [9.17, 15) is 4.79 Å². The van der Waals surface area contributed by atoms with Gasteiger partial charge in [-0.3, -0.25) is 4.79 Å². The van der Waals surface area contributed by atoms with E-state index >= 15 is 0 Å². The van der Waals surface area contributed by atoms with E-state index in [0.29, 0.717) is 30.4 Å². The fourth-order valence-corrected chi connectivity index (χ4v) is 4.13. The highest BCUT2D eigenvalue weighted by Crippen LogP contribution is 2.32. The number of rotatable bonds is 4. The molecule has 0 bridgehead atoms. The summed E-state index contributed by atoms with van der Waals surface area (Å²) >= 11 is 0. The fraction of sp³-hybridized carbons (Fsp3) is 0.200. The normalized spacial score (nSPS) is 16.7. The van der Waals surface area contributed by atoms with Gasteiger partial charge in [-0.05, 0) is 19.1 Å². The average Bonchev–Trinajstić information content (AvgIpc) is 2.97. The van der Waals surface area contributed by atoms with E-state index in [0.717, 1.165) is 32.6 Å². The molecule has 0 radical (unpaired) electrons. The third kappa shape index (κ3) is 3.78. The van der Waals surface area contributed by atoms with Crippen LogP contribution in [0, 0.1) is 0 Å². The Morgan fingerprint density at radius 2 is 1.84 bits per heavy atom. The summed E-state index contributed by atoms with van der Waals surface area (Å²) in [6.07, 6.45) is 1.49. The molecule has 0 saturated carbocycles. The summed E-state index contributed by atoms with van der Waals surface area (Å²) in [6, 6.07) is 20.3. The summed E-state index contributed by atoms with van der Waals surface area (Å²) < 4.78 is 0. The van der Waals surface area contributed by atoms with E-state index in [1.165, 1.54) is 6.33 Å². The molecule has 7 heteroatoms. The second-order valence-corrected chi connectivity index (χ2v) is 8.21. The minimum Gasteiger partial charge on any atom is -0.363 e. The molecule has 0 aliphatic carbocycles. The summed E-state index contributed by atoms with van der Waals surface area (Å²) in [6.45, 7) is 3.10. The van der Waals surface area contributed by atoms with Gasteiger partial charge in [0.25, 0.3) is 0 Å². The summed E-state index contributed by atoms with van der Waals surface area (Å²) in [7, 11) is 1.98. The van der Waals surface area contributed by atoms with Gasteiger partial charge < -0.3 is 15.5 Å². The maximum absolute atomic E-state index is 12.9. The summed E-state index contributed by atoms with van der Waals surface area (Å²) in [5.74, 6) is 1.15. The second kappa shape index (κ2) is 8.36. The predicted molar refractivity (Wildman–Crippen MR) is 126 cm³/mol. The quantitative estimate of drug-likeness (QED) is 0.466. The minimum atomic E-state index is -0.137. The topological polar surface area (TPSA) is 84.2 Å². The maximum Gasteiger partial charge on any atom is 0.224 e. The monoisotopic (exact) mass is 425 g/mol. The van der Waals surface area contributed by atoms with Crippen molar-refractivity contribution in [3.63, 3.8) is 0 Å². The number of anilines is 2. The van der Waals surface area contributed by atoms with Crippen molar-refractivity contribution in [2.24, 2.45) is 0 Å². The molecule has 1 aliphatic rings. The number of carbonyl (C=O) groups excluding carboxylic acids is 1. The van der Waals surface area contributed by atoms with E-state index in [1.54, 1.807) is 0 Å². The van der Waals surface area contributed by atoms with E-state index in [4.69, 9.17) is 4.98 Å². The molecule has 3 N–H and O–H groups in total. The van der Waals surface area contributed by atoms with Crippen LogP contribution in [0.2, 0.25) is 0 Å². The second-order valence-electron chi connectivity index (χ2n) is 8.21. The van der Waals surface area contributed by atoms with Gasteiger partial charge >= 0.3 is 0 Å². The van der Waals surface area contributed by atoms with Crippen molar-refractivity contribution in [1.29, 1.82) is 0 Å². The first-order valence-electron chi connectivity index (χ1n) is 10.7. The Hall–Kier alpha value is -3.84. The third-order valence-electron chi connectivity index (χ3n) is 5.77. The van der Waals surface area contributed by atoms with Gasteiger partial charge in [0.05, 0.1) is 24.3 Å². The van der Waals surface area contributed by atoms with Crippen LogP contribution in [-0.2, 0) is 0 Å². The average molecular weight is 426 g/mol. The number of nitrogens with one attached hydrogen (secondary N) is 3. The number of Topliss-reactive ketones (excluding diaryl/α,β-unsaturated/α-hetero) is 1. The molecular weight excluding hydrogens is 400 g/mol. The molecule has 0 amide bonds. The number of benzene rings is 2. The molecule has 2 unspecified atom stereocenters. The van der Waals surface area contributed by atoms with Crippen molar-refractivity contribution in [1.82, 2.24) is 15.0 Å². The number of ketones is 1. The number of para-hydroxylation sites is 1. The number of likely N-dealkylation sites (N-methyl/N-ethyl adjacent to an activating group) is 1. The lowest BCUT2D eigenvalue weighted by Gasteiger charge is -2.20. The van der Waals surface area contributed by atoms with E-state index in [2.05, 4.69) is 51.8 Å². The van der Waals surface area contributed by atoms with Crippen molar-refractivity contribution in [2.75, 3.05) is 30.9 Å². The molecule has 7 nitrogen and oxygen atoms in total. The Labute approximate surface area is 186 Å². The molecule has 32 heavy (non-hydrogen) atoms. The Bertz CT molecular complexity index is 1290. The standard InChI is InChI=1S/C25H24N6O/c1-16(29-25-22-21(32)13-31(2)15-28-24(22)26-14-27-25)19-12-18-10-6-7-11-20(18)30-23(19)17-8-4-3-5-9-17/h3-12,14,16H,13,15H2,1-2H3,(H2,26,27,28,29)/p+1. The van der Waals surface area contributed by atoms with Gasteiger partial charge in [-0.15, -0.1) is 0 Å². The van der Waals surface area contributed by atoms with Crippen molar-refractivity contribution in [3.05, 3.63) is 78.1 Å². The number of fused-ring (bicyclic) bond motifs is 2. The SMILES string of the molecule is CC(Nc1ncnc2c1C(=O)C[NH+](C)CN2)c1cc2ccccc2nc1-c1ccccc1. The lowest BCUT2D eigenvalue weighted by Crippen LogP contribution is -3.10. The Balaban J connectivity index is 1.58. The largest absolute Gasteiger partial charge is 0.363 e. The van der Waals surface area contributed by atoms with Crippen LogP contribution in [-0.4, -0.2) is 41.0 Å². The van der Waals surface area contributed by atoms with Gasteiger partial charge in [-0.25, -0.2) is 15.0 Å². The van der Waals surface area contributed by atoms with Crippen LogP contribution in [0.15, 0.2) is 67.0 Å². The Morgan fingerprint density at radius 3 is 2.69 bits per heavy atom. The van der Waals surface area contributed by atoms with Crippen molar-refractivity contribution < 1.29 is 9.69 Å². The zero-order valence-corrected chi connectivity index (χ0v) is 18.1. The molecule has 0 saturated heterocycles. The van der Waals surface area contributed by atoms with Gasteiger partial charge in [0, 0.05) is 16.5 Å². The lowest BCUT2D eigenvalue weighted by atomic mass is 9.98. The highest BCUT2D eigenvalue weighted by Gasteiger charge is 2.27. The summed E-state index contributed by atoms with van der Waals surface area (Å²) in [4.78, 5) is 27.7. The first-order valence-corrected chi connectivity index (χ1v) is 10.7. The highest BCUT2D eigenvalue weighted by molar-refractivity contribution is 6.05. The number of nitrogens with zero attached hydrogens (tertiary/aromatic N) is 3. The van der Waals surface area contributed by atoms with Crippen LogP contribution >= 0.6 is 0 Å². The molecule has 5 rings (SSSR count). The van der Waals surface area contributed by atoms with Gasteiger partial charge in [0.1, 0.15) is 30.1 Å². The number of quaternary nitrogens is 1. The van der Waals surface area contributed by atoms with Gasteiger partial charge in [0.15, 0.2) is 6.67 Å². The fourth-order valence-electron chi connectivity index (χ4n) is 4.13. The molecule has 160 valence electrons. The Morgan fingerprint density at radius 1 is 1.06 bits per heavy atom. The molecule has 2 atom stereocenters. The molecule has 2 aromatic carbocycles. The summed E-state index contributed by atoms with van der Waals surface area (Å²) in [5.41, 5.74) is 4.47. The molecule has 0 spiro atoms. The molecular formula is C25H25N6O+.